The molecule has 0 aliphatic carbocycles. The van der Waals surface area contributed by atoms with E-state index in [-0.39, 0.29) is 0 Å². The maximum Gasteiger partial charge on any atom is 0.229 e. The van der Waals surface area contributed by atoms with Gasteiger partial charge in [0.05, 0.1) is 6.61 Å². The Hall–Kier alpha value is -0.730. The van der Waals surface area contributed by atoms with Gasteiger partial charge in [-0.1, -0.05) is 6.92 Å². The van der Waals surface area contributed by atoms with Gasteiger partial charge in [-0.15, -0.1) is 11.3 Å². The predicted molar refractivity (Wildman–Crippen MR) is 67.0 cm³/mol. The molecule has 19 heavy (non-hydrogen) atoms. The topological polar surface area (TPSA) is 79.2 Å². The van der Waals surface area contributed by atoms with Crippen LogP contribution < -0.4 is 4.74 Å². The molecule has 5 nitrogen and oxygen atoms in total. The van der Waals surface area contributed by atoms with E-state index < -0.39 is 37.4 Å². The first-order valence-corrected chi connectivity index (χ1v) is 6.96. The van der Waals surface area contributed by atoms with Gasteiger partial charge in [0.2, 0.25) is 6.29 Å². The highest BCUT2D eigenvalue weighted by atomic mass is 32.1. The number of aliphatic hydroxyl groups is 3. The zero-order chi connectivity index (χ0) is 14.0. The summed E-state index contributed by atoms with van der Waals surface area (Å²) in [6.45, 7) is 1.37. The molecule has 5 atom stereocenters. The summed E-state index contributed by atoms with van der Waals surface area (Å²) in [5, 5.41) is 30.2. The second-order valence-electron chi connectivity index (χ2n) is 4.33. The third kappa shape index (κ3) is 2.90. The first-order chi connectivity index (χ1) is 9.08. The van der Waals surface area contributed by atoms with Crippen LogP contribution in [-0.2, 0) is 11.2 Å². The van der Waals surface area contributed by atoms with E-state index in [9.17, 15) is 14.6 Å². The SMILES string of the molecule is CCc1sccc1OC1OC(CO)C(F)C(O)C1O. The van der Waals surface area contributed by atoms with Gasteiger partial charge in [0, 0.05) is 4.88 Å². The number of thiophene rings is 1. The van der Waals surface area contributed by atoms with Crippen molar-refractivity contribution in [1.29, 1.82) is 0 Å². The molecule has 5 unspecified atom stereocenters. The van der Waals surface area contributed by atoms with Crippen molar-refractivity contribution in [1.82, 2.24) is 0 Å². The van der Waals surface area contributed by atoms with Crippen LogP contribution >= 0.6 is 11.3 Å². The van der Waals surface area contributed by atoms with Crippen molar-refractivity contribution in [3.63, 3.8) is 0 Å². The van der Waals surface area contributed by atoms with Crippen LogP contribution in [0.1, 0.15) is 11.8 Å². The van der Waals surface area contributed by atoms with Gasteiger partial charge in [-0.25, -0.2) is 4.39 Å². The monoisotopic (exact) mass is 292 g/mol. The summed E-state index contributed by atoms with van der Waals surface area (Å²) in [6, 6.07) is 1.72. The number of hydrogen-bond acceptors (Lipinski definition) is 6. The standard InChI is InChI=1S/C12H17FO5S/c1-2-8-6(3-4-19-8)17-12-11(16)10(15)9(13)7(5-14)18-12/h3-4,7,9-12,14-16H,2,5H2,1H3. The summed E-state index contributed by atoms with van der Waals surface area (Å²) in [5.74, 6) is 0.540. The molecule has 3 N–H and O–H groups in total. The molecule has 1 aliphatic rings. The number of rotatable bonds is 4. The van der Waals surface area contributed by atoms with Crippen LogP contribution in [0.3, 0.4) is 0 Å². The summed E-state index contributed by atoms with van der Waals surface area (Å²) in [7, 11) is 0. The fourth-order valence-electron chi connectivity index (χ4n) is 1.96. The van der Waals surface area contributed by atoms with Gasteiger partial charge in [0.1, 0.15) is 24.1 Å². The quantitative estimate of drug-likeness (QED) is 0.751. The van der Waals surface area contributed by atoms with Crippen LogP contribution in [0.25, 0.3) is 0 Å². The van der Waals surface area contributed by atoms with Crippen LogP contribution in [0.2, 0.25) is 0 Å². The van der Waals surface area contributed by atoms with Crippen LogP contribution in [0.4, 0.5) is 4.39 Å². The van der Waals surface area contributed by atoms with E-state index in [0.29, 0.717) is 5.75 Å². The predicted octanol–water partition coefficient (Wildman–Crippen LogP) is 0.466. The highest BCUT2D eigenvalue weighted by molar-refractivity contribution is 7.10. The van der Waals surface area contributed by atoms with Crippen molar-refractivity contribution in [2.45, 2.75) is 44.1 Å². The fraction of sp³-hybridized carbons (Fsp3) is 0.667. The summed E-state index contributed by atoms with van der Waals surface area (Å²) in [6.07, 6.45) is -6.62. The highest BCUT2D eigenvalue weighted by Gasteiger charge is 2.46. The molecule has 0 aromatic carbocycles. The Labute approximate surface area is 114 Å². The normalized spacial score (nSPS) is 35.3. The van der Waals surface area contributed by atoms with Gasteiger partial charge in [-0.05, 0) is 17.9 Å². The zero-order valence-electron chi connectivity index (χ0n) is 10.4. The van der Waals surface area contributed by atoms with Gasteiger partial charge >= 0.3 is 0 Å². The zero-order valence-corrected chi connectivity index (χ0v) is 11.2. The fourth-order valence-corrected chi connectivity index (χ4v) is 2.71. The Morgan fingerprint density at radius 2 is 2.16 bits per heavy atom. The lowest BCUT2D eigenvalue weighted by Gasteiger charge is -2.38. The van der Waals surface area contributed by atoms with Crippen molar-refractivity contribution < 1.29 is 29.2 Å². The number of alkyl halides is 1. The smallest absolute Gasteiger partial charge is 0.229 e. The molecule has 1 saturated heterocycles. The molecule has 0 amide bonds. The van der Waals surface area contributed by atoms with Gasteiger partial charge < -0.3 is 24.8 Å². The van der Waals surface area contributed by atoms with Gasteiger partial charge in [-0.2, -0.15) is 0 Å². The van der Waals surface area contributed by atoms with E-state index in [1.54, 1.807) is 6.07 Å². The minimum Gasteiger partial charge on any atom is -0.461 e. The summed E-state index contributed by atoms with van der Waals surface area (Å²) in [4.78, 5) is 0.966. The third-order valence-corrected chi connectivity index (χ3v) is 4.11. The van der Waals surface area contributed by atoms with E-state index in [2.05, 4.69) is 0 Å². The van der Waals surface area contributed by atoms with Crippen LogP contribution in [-0.4, -0.2) is 52.7 Å². The van der Waals surface area contributed by atoms with E-state index >= 15 is 0 Å². The lowest BCUT2D eigenvalue weighted by atomic mass is 10.0. The van der Waals surface area contributed by atoms with E-state index in [0.717, 1.165) is 11.3 Å². The van der Waals surface area contributed by atoms with Crippen molar-refractivity contribution >= 4 is 11.3 Å². The second kappa shape index (κ2) is 6.15. The number of ether oxygens (including phenoxy) is 2. The lowest BCUT2D eigenvalue weighted by Crippen LogP contribution is -2.58. The molecule has 0 saturated carbocycles. The first kappa shape index (κ1) is 14.7. The van der Waals surface area contributed by atoms with E-state index in [1.807, 2.05) is 12.3 Å². The molecule has 1 fully saturated rings. The Balaban J connectivity index is 2.11. The molecule has 0 bridgehead atoms. The van der Waals surface area contributed by atoms with Crippen molar-refractivity contribution in [3.8, 4) is 5.75 Å². The van der Waals surface area contributed by atoms with Crippen LogP contribution in [0, 0.1) is 0 Å². The molecule has 0 radical (unpaired) electrons. The molecule has 0 spiro atoms. The molecule has 1 aromatic heterocycles. The molecule has 7 heteroatoms. The number of halogens is 1. The maximum absolute atomic E-state index is 13.5. The summed E-state index contributed by atoms with van der Waals surface area (Å²) < 4.78 is 24.2. The maximum atomic E-state index is 13.5. The number of hydrogen-bond donors (Lipinski definition) is 3. The Morgan fingerprint density at radius 1 is 1.42 bits per heavy atom. The van der Waals surface area contributed by atoms with E-state index in [4.69, 9.17) is 14.6 Å². The minimum atomic E-state index is -1.84. The van der Waals surface area contributed by atoms with E-state index in [1.165, 1.54) is 11.3 Å². The average Bonchev–Trinajstić information content (AvgIpc) is 2.86. The molecular weight excluding hydrogens is 275 g/mol. The van der Waals surface area contributed by atoms with Crippen molar-refractivity contribution in [2.75, 3.05) is 6.61 Å². The number of aliphatic hydroxyl groups excluding tert-OH is 3. The molecule has 1 aromatic rings. The average molecular weight is 292 g/mol. The Morgan fingerprint density at radius 3 is 2.79 bits per heavy atom. The van der Waals surface area contributed by atoms with Crippen molar-refractivity contribution in [3.05, 3.63) is 16.3 Å². The van der Waals surface area contributed by atoms with Crippen molar-refractivity contribution in [2.24, 2.45) is 0 Å². The Kier molecular flexibility index (Phi) is 4.75. The Bertz CT molecular complexity index is 411. The molecule has 108 valence electrons. The molecule has 2 heterocycles. The van der Waals surface area contributed by atoms with Gasteiger partial charge in [0.25, 0.3) is 0 Å². The summed E-state index contributed by atoms with van der Waals surface area (Å²) >= 11 is 1.50. The molecule has 1 aliphatic heterocycles. The third-order valence-electron chi connectivity index (χ3n) is 3.07. The second-order valence-corrected chi connectivity index (χ2v) is 5.33. The van der Waals surface area contributed by atoms with Gasteiger partial charge in [-0.3, -0.25) is 0 Å². The summed E-state index contributed by atoms with van der Waals surface area (Å²) in [5.41, 5.74) is 0. The lowest BCUT2D eigenvalue weighted by molar-refractivity contribution is -0.265. The molecular formula is C12H17FO5S. The highest BCUT2D eigenvalue weighted by Crippen LogP contribution is 2.30. The molecule has 2 rings (SSSR count). The van der Waals surface area contributed by atoms with Gasteiger partial charge in [0.15, 0.2) is 6.17 Å². The first-order valence-electron chi connectivity index (χ1n) is 6.08. The number of aryl methyl sites for hydroxylation is 1. The minimum absolute atomic E-state index is 0.540. The van der Waals surface area contributed by atoms with Crippen LogP contribution in [0.5, 0.6) is 5.75 Å². The van der Waals surface area contributed by atoms with Crippen LogP contribution in [0.15, 0.2) is 11.4 Å². The largest absolute Gasteiger partial charge is 0.461 e.